The molecule has 0 fully saturated rings. The zero-order valence-corrected chi connectivity index (χ0v) is 15.2. The molecule has 3 rings (SSSR count). The highest BCUT2D eigenvalue weighted by Gasteiger charge is 2.07. The standard InChI is InChI=1S/C17H16ClN3.C2H2O4/c1-21-16(14-5-3-2-4-6-14)12-20-17(21)19-11-13-7-9-15(18)10-8-13;3-1(4)2(5)6/h2-10,12H,11H2,1H3,(H,19,20);(H,3,4)(H,5,6). The first-order valence-electron chi connectivity index (χ1n) is 7.90. The Bertz CT molecular complexity index is 896. The van der Waals surface area contributed by atoms with Crippen LogP contribution in [0.4, 0.5) is 5.95 Å². The number of aromatic nitrogens is 2. The van der Waals surface area contributed by atoms with Gasteiger partial charge in [0.2, 0.25) is 5.95 Å². The Labute approximate surface area is 160 Å². The molecule has 0 radical (unpaired) electrons. The second kappa shape index (κ2) is 9.40. The number of benzene rings is 2. The fourth-order valence-electron chi connectivity index (χ4n) is 2.23. The lowest BCUT2D eigenvalue weighted by atomic mass is 10.2. The Hall–Kier alpha value is -3.32. The molecule has 0 amide bonds. The van der Waals surface area contributed by atoms with Crippen molar-refractivity contribution < 1.29 is 19.8 Å². The van der Waals surface area contributed by atoms with Gasteiger partial charge in [-0.3, -0.25) is 0 Å². The van der Waals surface area contributed by atoms with Gasteiger partial charge in [0.1, 0.15) is 0 Å². The molecule has 0 atom stereocenters. The lowest BCUT2D eigenvalue weighted by molar-refractivity contribution is -0.159. The molecule has 0 unspecified atom stereocenters. The lowest BCUT2D eigenvalue weighted by Gasteiger charge is -2.08. The predicted octanol–water partition coefficient (Wildman–Crippen LogP) is 3.51. The maximum atomic E-state index is 9.10. The maximum absolute atomic E-state index is 9.10. The Balaban J connectivity index is 0.000000380. The quantitative estimate of drug-likeness (QED) is 0.592. The van der Waals surface area contributed by atoms with Crippen LogP contribution in [0, 0.1) is 0 Å². The number of imidazole rings is 1. The molecule has 0 saturated heterocycles. The molecule has 1 aromatic heterocycles. The van der Waals surface area contributed by atoms with Crippen LogP contribution in [0.2, 0.25) is 5.02 Å². The number of carboxylic acid groups (broad SMARTS) is 2. The maximum Gasteiger partial charge on any atom is 0.414 e. The number of carboxylic acids is 2. The molecular formula is C19H18ClN3O4. The highest BCUT2D eigenvalue weighted by molar-refractivity contribution is 6.30. The molecule has 0 aliphatic heterocycles. The van der Waals surface area contributed by atoms with Crippen molar-refractivity contribution in [3.05, 3.63) is 71.4 Å². The summed E-state index contributed by atoms with van der Waals surface area (Å²) in [5.41, 5.74) is 3.42. The summed E-state index contributed by atoms with van der Waals surface area (Å²) < 4.78 is 2.06. The topological polar surface area (TPSA) is 104 Å². The molecule has 0 saturated carbocycles. The van der Waals surface area contributed by atoms with E-state index in [1.165, 1.54) is 5.56 Å². The van der Waals surface area contributed by atoms with Gasteiger partial charge in [0.15, 0.2) is 0 Å². The van der Waals surface area contributed by atoms with Crippen molar-refractivity contribution in [2.75, 3.05) is 5.32 Å². The summed E-state index contributed by atoms with van der Waals surface area (Å²) in [4.78, 5) is 22.6. The van der Waals surface area contributed by atoms with E-state index in [1.807, 2.05) is 55.7 Å². The van der Waals surface area contributed by atoms with E-state index in [2.05, 4.69) is 27.0 Å². The molecular weight excluding hydrogens is 370 g/mol. The van der Waals surface area contributed by atoms with E-state index < -0.39 is 11.9 Å². The molecule has 0 bridgehead atoms. The zero-order chi connectivity index (χ0) is 19.8. The third-order valence-electron chi connectivity index (χ3n) is 3.60. The van der Waals surface area contributed by atoms with Crippen LogP contribution in [-0.2, 0) is 23.2 Å². The first kappa shape index (κ1) is 20.0. The van der Waals surface area contributed by atoms with Gasteiger partial charge >= 0.3 is 11.9 Å². The van der Waals surface area contributed by atoms with E-state index in [4.69, 9.17) is 31.4 Å². The van der Waals surface area contributed by atoms with Gasteiger partial charge in [-0.25, -0.2) is 14.6 Å². The predicted molar refractivity (Wildman–Crippen MR) is 103 cm³/mol. The Morgan fingerprint density at radius 2 is 1.63 bits per heavy atom. The summed E-state index contributed by atoms with van der Waals surface area (Å²) in [6.07, 6.45) is 1.89. The van der Waals surface area contributed by atoms with E-state index in [0.29, 0.717) is 0 Å². The van der Waals surface area contributed by atoms with E-state index in [1.54, 1.807) is 0 Å². The number of rotatable bonds is 4. The van der Waals surface area contributed by atoms with Crippen molar-refractivity contribution in [3.8, 4) is 11.3 Å². The second-order valence-corrected chi connectivity index (χ2v) is 5.92. The summed E-state index contributed by atoms with van der Waals surface area (Å²) in [6.45, 7) is 0.719. The van der Waals surface area contributed by atoms with E-state index in [-0.39, 0.29) is 0 Å². The van der Waals surface area contributed by atoms with Crippen LogP contribution in [0.1, 0.15) is 5.56 Å². The number of aliphatic carboxylic acids is 2. The number of hydrogen-bond donors (Lipinski definition) is 3. The fourth-order valence-corrected chi connectivity index (χ4v) is 2.36. The minimum absolute atomic E-state index is 0.719. The Kier molecular flexibility index (Phi) is 6.96. The van der Waals surface area contributed by atoms with Crippen LogP contribution in [0.15, 0.2) is 60.8 Å². The summed E-state index contributed by atoms with van der Waals surface area (Å²) in [7, 11) is 2.01. The van der Waals surface area contributed by atoms with Crippen molar-refractivity contribution in [3.63, 3.8) is 0 Å². The van der Waals surface area contributed by atoms with Crippen LogP contribution in [0.3, 0.4) is 0 Å². The van der Waals surface area contributed by atoms with E-state index in [9.17, 15) is 0 Å². The summed E-state index contributed by atoms with van der Waals surface area (Å²) in [5.74, 6) is -2.80. The molecule has 0 spiro atoms. The fraction of sp³-hybridized carbons (Fsp3) is 0.105. The van der Waals surface area contributed by atoms with Crippen molar-refractivity contribution in [2.45, 2.75) is 6.54 Å². The van der Waals surface area contributed by atoms with Crippen molar-refractivity contribution in [1.29, 1.82) is 0 Å². The number of nitrogens with zero attached hydrogens (tertiary/aromatic N) is 2. The highest BCUT2D eigenvalue weighted by atomic mass is 35.5. The SMILES string of the molecule is Cn1c(-c2ccccc2)cnc1NCc1ccc(Cl)cc1.O=C(O)C(=O)O. The molecule has 0 aliphatic rings. The largest absolute Gasteiger partial charge is 0.473 e. The van der Waals surface area contributed by atoms with Crippen LogP contribution in [-0.4, -0.2) is 31.7 Å². The first-order chi connectivity index (χ1) is 12.9. The van der Waals surface area contributed by atoms with Gasteiger partial charge in [0.25, 0.3) is 0 Å². The van der Waals surface area contributed by atoms with Crippen LogP contribution >= 0.6 is 11.6 Å². The molecule has 3 aromatic rings. The number of nitrogens with one attached hydrogen (secondary N) is 1. The number of hydrogen-bond acceptors (Lipinski definition) is 4. The van der Waals surface area contributed by atoms with Gasteiger partial charge in [-0.2, -0.15) is 0 Å². The first-order valence-corrected chi connectivity index (χ1v) is 8.28. The van der Waals surface area contributed by atoms with Crippen molar-refractivity contribution in [2.24, 2.45) is 7.05 Å². The zero-order valence-electron chi connectivity index (χ0n) is 14.5. The minimum atomic E-state index is -1.82. The van der Waals surface area contributed by atoms with Crippen molar-refractivity contribution >= 4 is 29.5 Å². The van der Waals surface area contributed by atoms with Gasteiger partial charge < -0.3 is 20.1 Å². The second-order valence-electron chi connectivity index (χ2n) is 5.48. The molecule has 27 heavy (non-hydrogen) atoms. The average Bonchev–Trinajstić information content (AvgIpc) is 3.03. The van der Waals surface area contributed by atoms with Gasteiger partial charge in [0, 0.05) is 18.6 Å². The number of anilines is 1. The molecule has 7 nitrogen and oxygen atoms in total. The normalized spacial score (nSPS) is 9.85. The summed E-state index contributed by atoms with van der Waals surface area (Å²) in [6, 6.07) is 18.1. The third kappa shape index (κ3) is 5.86. The molecule has 3 N–H and O–H groups in total. The van der Waals surface area contributed by atoms with Crippen LogP contribution in [0.5, 0.6) is 0 Å². The smallest absolute Gasteiger partial charge is 0.414 e. The highest BCUT2D eigenvalue weighted by Crippen LogP contribution is 2.21. The van der Waals surface area contributed by atoms with Crippen LogP contribution in [0.25, 0.3) is 11.3 Å². The Morgan fingerprint density at radius 1 is 1.04 bits per heavy atom. The van der Waals surface area contributed by atoms with E-state index in [0.717, 1.165) is 28.8 Å². The average molecular weight is 388 g/mol. The van der Waals surface area contributed by atoms with Crippen LogP contribution < -0.4 is 5.32 Å². The third-order valence-corrected chi connectivity index (χ3v) is 3.86. The van der Waals surface area contributed by atoms with E-state index >= 15 is 0 Å². The monoisotopic (exact) mass is 387 g/mol. The summed E-state index contributed by atoms with van der Waals surface area (Å²) in [5, 5.41) is 18.9. The number of carbonyl (C=O) groups is 2. The minimum Gasteiger partial charge on any atom is -0.473 e. The van der Waals surface area contributed by atoms with Crippen molar-refractivity contribution in [1.82, 2.24) is 9.55 Å². The van der Waals surface area contributed by atoms with Gasteiger partial charge in [-0.15, -0.1) is 0 Å². The van der Waals surface area contributed by atoms with Gasteiger partial charge in [0.05, 0.1) is 11.9 Å². The summed E-state index contributed by atoms with van der Waals surface area (Å²) >= 11 is 5.89. The molecule has 140 valence electrons. The Morgan fingerprint density at radius 3 is 2.19 bits per heavy atom. The molecule has 0 aliphatic carbocycles. The van der Waals surface area contributed by atoms with Gasteiger partial charge in [-0.05, 0) is 23.3 Å². The number of halogens is 1. The molecule has 1 heterocycles. The molecule has 2 aromatic carbocycles. The molecule has 8 heteroatoms. The lowest BCUT2D eigenvalue weighted by Crippen LogP contribution is -2.09. The van der Waals surface area contributed by atoms with Gasteiger partial charge in [-0.1, -0.05) is 54.1 Å².